The first-order chi connectivity index (χ1) is 7.74. The van der Waals surface area contributed by atoms with Crippen molar-refractivity contribution < 1.29 is 9.53 Å². The monoisotopic (exact) mass is 226 g/mol. The fourth-order valence-corrected chi connectivity index (χ4v) is 1.12. The van der Waals surface area contributed by atoms with E-state index in [1.54, 1.807) is 10.9 Å². The minimum absolute atomic E-state index is 0.205. The van der Waals surface area contributed by atoms with Crippen molar-refractivity contribution in [3.63, 3.8) is 0 Å². The summed E-state index contributed by atoms with van der Waals surface area (Å²) in [6.45, 7) is 3.27. The van der Waals surface area contributed by atoms with Crippen LogP contribution in [0.25, 0.3) is 0 Å². The van der Waals surface area contributed by atoms with Crippen LogP contribution in [0.2, 0.25) is 0 Å². The van der Waals surface area contributed by atoms with E-state index in [0.29, 0.717) is 13.2 Å². The van der Waals surface area contributed by atoms with Crippen molar-refractivity contribution >= 4 is 5.97 Å². The zero-order valence-corrected chi connectivity index (χ0v) is 9.77. The molecule has 0 aromatic carbocycles. The molecule has 1 aromatic heterocycles. The van der Waals surface area contributed by atoms with Crippen LogP contribution in [0.3, 0.4) is 0 Å². The van der Waals surface area contributed by atoms with Crippen LogP contribution >= 0.6 is 0 Å². The third kappa shape index (κ3) is 4.39. The Hall–Kier alpha value is -1.43. The van der Waals surface area contributed by atoms with Gasteiger partial charge in [0.1, 0.15) is 12.2 Å². The largest absolute Gasteiger partial charge is 0.465 e. The van der Waals surface area contributed by atoms with Crippen LogP contribution < -0.4 is 5.32 Å². The lowest BCUT2D eigenvalue weighted by atomic mass is 10.4. The molecular formula is C10H18N4O2. The Morgan fingerprint density at radius 1 is 1.62 bits per heavy atom. The normalized spacial score (nSPS) is 10.4. The average molecular weight is 226 g/mol. The van der Waals surface area contributed by atoms with E-state index in [4.69, 9.17) is 4.74 Å². The third-order valence-corrected chi connectivity index (χ3v) is 2.12. The molecular weight excluding hydrogens is 208 g/mol. The summed E-state index contributed by atoms with van der Waals surface area (Å²) in [5, 5.41) is 10.6. The minimum atomic E-state index is -0.226. The maximum absolute atomic E-state index is 11.2. The van der Waals surface area contributed by atoms with Gasteiger partial charge in [0, 0.05) is 7.05 Å². The van der Waals surface area contributed by atoms with Gasteiger partial charge in [0.05, 0.1) is 19.7 Å². The van der Waals surface area contributed by atoms with Gasteiger partial charge >= 0.3 is 5.97 Å². The lowest BCUT2D eigenvalue weighted by Crippen LogP contribution is -2.25. The molecule has 90 valence electrons. The van der Waals surface area contributed by atoms with Crippen molar-refractivity contribution in [2.75, 3.05) is 13.2 Å². The van der Waals surface area contributed by atoms with E-state index in [1.165, 1.54) is 0 Å². The standard InChI is InChI=1S/C10H18N4O2/c1-3-4-5-16-10(15)7-11-6-9-13-12-8-14(9)2/h8,11H,3-7H2,1-2H3. The number of hydrogen-bond donors (Lipinski definition) is 1. The molecule has 0 amide bonds. The summed E-state index contributed by atoms with van der Waals surface area (Å²) in [5.74, 6) is 0.567. The molecule has 0 atom stereocenters. The Balaban J connectivity index is 2.11. The molecule has 0 unspecified atom stereocenters. The molecule has 0 radical (unpaired) electrons. The number of unbranched alkanes of at least 4 members (excludes halogenated alkanes) is 1. The second kappa shape index (κ2) is 6.95. The molecule has 0 bridgehead atoms. The molecule has 6 nitrogen and oxygen atoms in total. The summed E-state index contributed by atoms with van der Waals surface area (Å²) >= 11 is 0. The van der Waals surface area contributed by atoms with Gasteiger partial charge in [-0.05, 0) is 6.42 Å². The number of ether oxygens (including phenoxy) is 1. The second-order valence-corrected chi connectivity index (χ2v) is 3.54. The number of esters is 1. The number of aromatic nitrogens is 3. The minimum Gasteiger partial charge on any atom is -0.465 e. The molecule has 6 heteroatoms. The molecule has 0 aliphatic rings. The lowest BCUT2D eigenvalue weighted by Gasteiger charge is -2.05. The fourth-order valence-electron chi connectivity index (χ4n) is 1.12. The van der Waals surface area contributed by atoms with Gasteiger partial charge in [-0.15, -0.1) is 10.2 Å². The van der Waals surface area contributed by atoms with Crippen LogP contribution in [0.4, 0.5) is 0 Å². The number of nitrogens with one attached hydrogen (secondary N) is 1. The summed E-state index contributed by atoms with van der Waals surface area (Å²) < 4.78 is 6.79. The number of nitrogens with zero attached hydrogens (tertiary/aromatic N) is 3. The van der Waals surface area contributed by atoms with Gasteiger partial charge in [-0.3, -0.25) is 10.1 Å². The number of carbonyl (C=O) groups excluding carboxylic acids is 1. The Kier molecular flexibility index (Phi) is 5.49. The molecule has 1 heterocycles. The van der Waals surface area contributed by atoms with Gasteiger partial charge in [-0.1, -0.05) is 13.3 Å². The molecule has 1 N–H and O–H groups in total. The molecule has 0 aliphatic carbocycles. The Morgan fingerprint density at radius 2 is 2.44 bits per heavy atom. The summed E-state index contributed by atoms with van der Waals surface area (Å²) in [6.07, 6.45) is 3.56. The van der Waals surface area contributed by atoms with Crippen molar-refractivity contribution in [1.82, 2.24) is 20.1 Å². The van der Waals surface area contributed by atoms with Crippen LogP contribution in [-0.4, -0.2) is 33.9 Å². The summed E-state index contributed by atoms with van der Waals surface area (Å²) in [5.41, 5.74) is 0. The van der Waals surface area contributed by atoms with E-state index in [9.17, 15) is 4.79 Å². The predicted octanol–water partition coefficient (Wildman–Crippen LogP) is 0.248. The van der Waals surface area contributed by atoms with Crippen molar-refractivity contribution in [2.45, 2.75) is 26.3 Å². The Bertz CT molecular complexity index is 324. The third-order valence-electron chi connectivity index (χ3n) is 2.12. The SMILES string of the molecule is CCCCOC(=O)CNCc1nncn1C. The molecule has 0 spiro atoms. The van der Waals surface area contributed by atoms with Gasteiger partial charge in [-0.2, -0.15) is 0 Å². The van der Waals surface area contributed by atoms with E-state index in [1.807, 2.05) is 7.05 Å². The summed E-state index contributed by atoms with van der Waals surface area (Å²) in [6, 6.07) is 0. The maximum Gasteiger partial charge on any atom is 0.319 e. The van der Waals surface area contributed by atoms with Gasteiger partial charge in [0.2, 0.25) is 0 Å². The zero-order chi connectivity index (χ0) is 11.8. The molecule has 0 saturated heterocycles. The molecule has 0 saturated carbocycles. The maximum atomic E-state index is 11.2. The first-order valence-corrected chi connectivity index (χ1v) is 5.43. The highest BCUT2D eigenvalue weighted by atomic mass is 16.5. The molecule has 0 aliphatic heterocycles. The number of hydrogen-bond acceptors (Lipinski definition) is 5. The molecule has 1 aromatic rings. The van der Waals surface area contributed by atoms with E-state index in [-0.39, 0.29) is 12.5 Å². The van der Waals surface area contributed by atoms with E-state index < -0.39 is 0 Å². The van der Waals surface area contributed by atoms with Crippen LogP contribution in [0.1, 0.15) is 25.6 Å². The highest BCUT2D eigenvalue weighted by molar-refractivity contribution is 5.71. The highest BCUT2D eigenvalue weighted by Gasteiger charge is 2.04. The number of rotatable bonds is 7. The van der Waals surface area contributed by atoms with Gasteiger partial charge in [0.25, 0.3) is 0 Å². The van der Waals surface area contributed by atoms with Crippen LogP contribution in [0.5, 0.6) is 0 Å². The first kappa shape index (κ1) is 12.6. The van der Waals surface area contributed by atoms with Crippen LogP contribution in [-0.2, 0) is 23.1 Å². The van der Waals surface area contributed by atoms with Crippen LogP contribution in [0.15, 0.2) is 6.33 Å². The lowest BCUT2D eigenvalue weighted by molar-refractivity contribution is -0.142. The zero-order valence-electron chi connectivity index (χ0n) is 9.77. The summed E-state index contributed by atoms with van der Waals surface area (Å²) in [4.78, 5) is 11.2. The van der Waals surface area contributed by atoms with Crippen molar-refractivity contribution in [3.05, 3.63) is 12.2 Å². The second-order valence-electron chi connectivity index (χ2n) is 3.54. The predicted molar refractivity (Wildman–Crippen MR) is 58.6 cm³/mol. The van der Waals surface area contributed by atoms with Crippen molar-refractivity contribution in [3.8, 4) is 0 Å². The molecule has 1 rings (SSSR count). The highest BCUT2D eigenvalue weighted by Crippen LogP contribution is 1.91. The van der Waals surface area contributed by atoms with Gasteiger partial charge in [0.15, 0.2) is 0 Å². The average Bonchev–Trinajstić information content (AvgIpc) is 2.65. The Morgan fingerprint density at radius 3 is 3.06 bits per heavy atom. The number of aryl methyl sites for hydroxylation is 1. The van der Waals surface area contributed by atoms with Gasteiger partial charge < -0.3 is 9.30 Å². The summed E-state index contributed by atoms with van der Waals surface area (Å²) in [7, 11) is 1.86. The van der Waals surface area contributed by atoms with E-state index in [2.05, 4.69) is 22.4 Å². The Labute approximate surface area is 95.0 Å². The topological polar surface area (TPSA) is 69.0 Å². The fraction of sp³-hybridized carbons (Fsp3) is 0.700. The van der Waals surface area contributed by atoms with Crippen molar-refractivity contribution in [2.24, 2.45) is 7.05 Å². The first-order valence-electron chi connectivity index (χ1n) is 5.43. The molecule has 0 fully saturated rings. The van der Waals surface area contributed by atoms with Gasteiger partial charge in [-0.25, -0.2) is 0 Å². The quantitative estimate of drug-likeness (QED) is 0.533. The van der Waals surface area contributed by atoms with E-state index >= 15 is 0 Å². The molecule has 16 heavy (non-hydrogen) atoms. The van der Waals surface area contributed by atoms with E-state index in [0.717, 1.165) is 18.7 Å². The smallest absolute Gasteiger partial charge is 0.319 e. The van der Waals surface area contributed by atoms with Crippen LogP contribution in [0, 0.1) is 0 Å². The number of carbonyl (C=O) groups is 1. The van der Waals surface area contributed by atoms with Crippen molar-refractivity contribution in [1.29, 1.82) is 0 Å².